The number of carbonyl (C=O) groups excluding carboxylic acids is 3. The van der Waals surface area contributed by atoms with Crippen molar-refractivity contribution in [1.29, 1.82) is 0 Å². The number of hydrogen-bond donors (Lipinski definition) is 5. The van der Waals surface area contributed by atoms with Crippen molar-refractivity contribution in [2.45, 2.75) is 31.8 Å². The molecule has 0 heterocycles. The van der Waals surface area contributed by atoms with Gasteiger partial charge in [-0.05, 0) is 73.2 Å². The molecule has 5 N–H and O–H groups in total. The predicted octanol–water partition coefficient (Wildman–Crippen LogP) is 2.87. The smallest absolute Gasteiger partial charge is 0.391 e. The zero-order chi connectivity index (χ0) is 30.0. The van der Waals surface area contributed by atoms with Gasteiger partial charge in [0.2, 0.25) is 5.91 Å². The Bertz CT molecular complexity index is 1410. The Hall–Kier alpha value is -4.50. The molecule has 0 saturated carbocycles. The Balaban J connectivity index is 1.48. The second-order valence-electron chi connectivity index (χ2n) is 9.07. The van der Waals surface area contributed by atoms with Crippen LogP contribution in [0.5, 0.6) is 0 Å². The summed E-state index contributed by atoms with van der Waals surface area (Å²) in [4.78, 5) is 36.3. The monoisotopic (exact) mass is 567 g/mol. The fourth-order valence-electron chi connectivity index (χ4n) is 3.62. The summed E-state index contributed by atoms with van der Waals surface area (Å²) in [6.07, 6.45) is -5.56. The van der Waals surface area contributed by atoms with Crippen LogP contribution in [0.25, 0.3) is 0 Å². The van der Waals surface area contributed by atoms with E-state index in [1.165, 1.54) is 31.2 Å². The molecule has 0 radical (unpaired) electrons. The molecular formula is C30H28F3N3O5. The van der Waals surface area contributed by atoms with Crippen LogP contribution >= 0.6 is 0 Å². The van der Waals surface area contributed by atoms with Crippen molar-refractivity contribution in [3.63, 3.8) is 0 Å². The van der Waals surface area contributed by atoms with E-state index in [-0.39, 0.29) is 24.6 Å². The van der Waals surface area contributed by atoms with Crippen molar-refractivity contribution in [2.24, 2.45) is 0 Å². The third kappa shape index (κ3) is 9.58. The first-order valence-electron chi connectivity index (χ1n) is 12.5. The van der Waals surface area contributed by atoms with Gasteiger partial charge in [0.15, 0.2) is 5.78 Å². The van der Waals surface area contributed by atoms with Gasteiger partial charge in [-0.2, -0.15) is 13.2 Å². The zero-order valence-electron chi connectivity index (χ0n) is 22.0. The molecular weight excluding hydrogens is 539 g/mol. The van der Waals surface area contributed by atoms with Gasteiger partial charge in [0.1, 0.15) is 12.6 Å². The molecule has 0 saturated heterocycles. The zero-order valence-corrected chi connectivity index (χ0v) is 22.0. The Labute approximate surface area is 234 Å². The topological polar surface area (TPSA) is 128 Å². The molecule has 0 unspecified atom stereocenters. The highest BCUT2D eigenvalue weighted by Crippen LogP contribution is 2.29. The first kappa shape index (κ1) is 31.0. The lowest BCUT2D eigenvalue weighted by atomic mass is 10.1. The van der Waals surface area contributed by atoms with Gasteiger partial charge in [-0.25, -0.2) is 0 Å². The van der Waals surface area contributed by atoms with Crippen LogP contribution in [0.3, 0.4) is 0 Å². The van der Waals surface area contributed by atoms with E-state index in [4.69, 9.17) is 5.11 Å². The molecule has 8 nitrogen and oxygen atoms in total. The number of benzene rings is 3. The SMILES string of the molecule is C[C@@H](O)[C@H](NC(=O)c1ccc(C#Cc2ccc(NC(=O)CNCc3ccc(C(F)(F)F)cc3)cc2)cc1)C(=O)CO. The van der Waals surface area contributed by atoms with Crippen LogP contribution in [0.4, 0.5) is 18.9 Å². The molecule has 0 spiro atoms. The number of rotatable bonds is 10. The van der Waals surface area contributed by atoms with E-state index >= 15 is 0 Å². The lowest BCUT2D eigenvalue weighted by Crippen LogP contribution is -2.48. The quantitative estimate of drug-likeness (QED) is 0.240. The lowest BCUT2D eigenvalue weighted by Gasteiger charge is -2.19. The minimum atomic E-state index is -4.39. The maximum Gasteiger partial charge on any atom is 0.416 e. The highest BCUT2D eigenvalue weighted by atomic mass is 19.4. The summed E-state index contributed by atoms with van der Waals surface area (Å²) in [6, 6.07) is 16.6. The fourth-order valence-corrected chi connectivity index (χ4v) is 3.62. The summed E-state index contributed by atoms with van der Waals surface area (Å²) < 4.78 is 37.9. The van der Waals surface area contributed by atoms with Gasteiger partial charge in [0, 0.05) is 28.9 Å². The van der Waals surface area contributed by atoms with Crippen LogP contribution in [0.2, 0.25) is 0 Å². The number of nitrogens with one attached hydrogen (secondary N) is 3. The Morgan fingerprint density at radius 1 is 0.878 bits per heavy atom. The fraction of sp³-hybridized carbons (Fsp3) is 0.233. The first-order chi connectivity index (χ1) is 19.5. The highest BCUT2D eigenvalue weighted by molar-refractivity contribution is 5.98. The van der Waals surface area contributed by atoms with Gasteiger partial charge >= 0.3 is 6.18 Å². The third-order valence-corrected chi connectivity index (χ3v) is 5.83. The van der Waals surface area contributed by atoms with Crippen molar-refractivity contribution in [3.8, 4) is 11.8 Å². The number of aliphatic hydroxyl groups excluding tert-OH is 2. The van der Waals surface area contributed by atoms with Crippen molar-refractivity contribution in [3.05, 3.63) is 101 Å². The molecule has 41 heavy (non-hydrogen) atoms. The number of carbonyl (C=O) groups is 3. The van der Waals surface area contributed by atoms with Crippen LogP contribution in [-0.4, -0.2) is 53.1 Å². The Morgan fingerprint density at radius 2 is 1.44 bits per heavy atom. The molecule has 3 rings (SSSR count). The van der Waals surface area contributed by atoms with Crippen LogP contribution < -0.4 is 16.0 Å². The molecule has 3 aromatic rings. The minimum absolute atomic E-state index is 0.0337. The number of aliphatic hydroxyl groups is 2. The molecule has 0 aliphatic heterocycles. The standard InChI is InChI=1S/C30H28F3N3O5/c1-19(38)28(26(39)18-37)36-29(41)23-10-4-20(5-11-23)2-3-21-8-14-25(15-9-21)35-27(40)17-34-16-22-6-12-24(13-7-22)30(31,32)33/h4-15,19,28,34,37-38H,16-18H2,1H3,(H,35,40)(H,36,41)/t19-,28+/m1/s1. The Kier molecular flexibility index (Phi) is 10.8. The number of hydrogen-bond acceptors (Lipinski definition) is 6. The minimum Gasteiger partial charge on any atom is -0.391 e. The van der Waals surface area contributed by atoms with E-state index in [2.05, 4.69) is 27.8 Å². The van der Waals surface area contributed by atoms with Crippen molar-refractivity contribution in [1.82, 2.24) is 10.6 Å². The number of amides is 2. The number of Topliss-reactive ketones (excluding diaryl/α,β-unsaturated/α-hetero) is 1. The van der Waals surface area contributed by atoms with Crippen molar-refractivity contribution in [2.75, 3.05) is 18.5 Å². The molecule has 0 aliphatic rings. The molecule has 2 amide bonds. The second-order valence-corrected chi connectivity index (χ2v) is 9.07. The van der Waals surface area contributed by atoms with Gasteiger partial charge in [-0.1, -0.05) is 24.0 Å². The molecule has 0 fully saturated rings. The maximum atomic E-state index is 12.6. The van der Waals surface area contributed by atoms with Crippen LogP contribution in [0, 0.1) is 11.8 Å². The van der Waals surface area contributed by atoms with Gasteiger partial charge in [0.25, 0.3) is 5.91 Å². The van der Waals surface area contributed by atoms with E-state index in [0.29, 0.717) is 22.4 Å². The summed E-state index contributed by atoms with van der Waals surface area (Å²) in [6.45, 7) is 0.736. The summed E-state index contributed by atoms with van der Waals surface area (Å²) in [5.41, 5.74) is 1.98. The van der Waals surface area contributed by atoms with Gasteiger partial charge in [-0.15, -0.1) is 0 Å². The number of halogens is 3. The summed E-state index contributed by atoms with van der Waals surface area (Å²) in [5, 5.41) is 26.7. The predicted molar refractivity (Wildman–Crippen MR) is 146 cm³/mol. The second kappa shape index (κ2) is 14.2. The van der Waals surface area contributed by atoms with Gasteiger partial charge < -0.3 is 26.2 Å². The molecule has 214 valence electrons. The third-order valence-electron chi connectivity index (χ3n) is 5.83. The number of alkyl halides is 3. The van der Waals surface area contributed by atoms with Crippen molar-refractivity contribution < 1.29 is 37.8 Å². The molecule has 0 aromatic heterocycles. The average Bonchev–Trinajstić information content (AvgIpc) is 2.95. The molecule has 0 aliphatic carbocycles. The van der Waals surface area contributed by atoms with Crippen LogP contribution in [0.1, 0.15) is 39.5 Å². The largest absolute Gasteiger partial charge is 0.416 e. The van der Waals surface area contributed by atoms with Crippen LogP contribution in [0.15, 0.2) is 72.8 Å². The van der Waals surface area contributed by atoms with E-state index in [9.17, 15) is 32.7 Å². The number of anilines is 1. The molecule has 0 bridgehead atoms. The van der Waals surface area contributed by atoms with E-state index in [1.807, 2.05) is 0 Å². The van der Waals surface area contributed by atoms with E-state index in [0.717, 1.165) is 12.1 Å². The Morgan fingerprint density at radius 3 is 1.95 bits per heavy atom. The molecule has 3 aromatic carbocycles. The normalized spacial score (nSPS) is 12.4. The molecule has 2 atom stereocenters. The van der Waals surface area contributed by atoms with E-state index < -0.39 is 42.2 Å². The summed E-state index contributed by atoms with van der Waals surface area (Å²) in [5.74, 6) is 4.34. The number of ketones is 1. The average molecular weight is 568 g/mol. The van der Waals surface area contributed by atoms with Crippen molar-refractivity contribution >= 4 is 23.3 Å². The highest BCUT2D eigenvalue weighted by Gasteiger charge is 2.30. The maximum absolute atomic E-state index is 12.6. The first-order valence-corrected chi connectivity index (χ1v) is 12.5. The van der Waals surface area contributed by atoms with Gasteiger partial charge in [0.05, 0.1) is 18.2 Å². The summed E-state index contributed by atoms with van der Waals surface area (Å²) in [7, 11) is 0. The van der Waals surface area contributed by atoms with Crippen LogP contribution in [-0.2, 0) is 22.3 Å². The summed E-state index contributed by atoms with van der Waals surface area (Å²) >= 11 is 0. The van der Waals surface area contributed by atoms with E-state index in [1.54, 1.807) is 36.4 Å². The molecule has 11 heteroatoms. The lowest BCUT2D eigenvalue weighted by molar-refractivity contribution is -0.137. The van der Waals surface area contributed by atoms with Gasteiger partial charge in [-0.3, -0.25) is 14.4 Å².